The summed E-state index contributed by atoms with van der Waals surface area (Å²) in [6.45, 7) is 4.93. The Hall–Kier alpha value is -1.92. The predicted molar refractivity (Wildman–Crippen MR) is 83.1 cm³/mol. The summed E-state index contributed by atoms with van der Waals surface area (Å²) in [5.74, 6) is -2.45. The van der Waals surface area contributed by atoms with Gasteiger partial charge in [-0.3, -0.25) is 4.79 Å². The standard InChI is InChI=1S/C17H23NO5/c1-10(2)13(19)17(14(20)11(3)15(21)18-17)16(22)23-9-12-7-5-4-6-8-12/h4-8,10-11,13-14,19-20H,9H2,1-3H3,(H,18,21)/t11-,13?,14?,17-/m1/s1. The molecular formula is C17H23NO5. The van der Waals surface area contributed by atoms with Crippen LogP contribution in [0.25, 0.3) is 0 Å². The van der Waals surface area contributed by atoms with Crippen molar-refractivity contribution in [3.05, 3.63) is 35.9 Å². The monoisotopic (exact) mass is 321 g/mol. The molecule has 0 spiro atoms. The lowest BCUT2D eigenvalue weighted by molar-refractivity contribution is -0.167. The van der Waals surface area contributed by atoms with Crippen LogP contribution in [-0.4, -0.2) is 39.8 Å². The summed E-state index contributed by atoms with van der Waals surface area (Å²) in [5, 5.41) is 23.4. The average Bonchev–Trinajstić information content (AvgIpc) is 2.78. The first-order chi connectivity index (χ1) is 10.8. The van der Waals surface area contributed by atoms with Crippen LogP contribution in [0.5, 0.6) is 0 Å². The van der Waals surface area contributed by atoms with Crippen molar-refractivity contribution in [2.24, 2.45) is 11.8 Å². The highest BCUT2D eigenvalue weighted by molar-refractivity contribution is 5.95. The normalized spacial score (nSPS) is 28.5. The number of amides is 1. The van der Waals surface area contributed by atoms with Crippen LogP contribution in [-0.2, 0) is 20.9 Å². The van der Waals surface area contributed by atoms with Gasteiger partial charge in [0.25, 0.3) is 0 Å². The van der Waals surface area contributed by atoms with Crippen LogP contribution in [0.2, 0.25) is 0 Å². The molecule has 0 radical (unpaired) electrons. The van der Waals surface area contributed by atoms with Crippen LogP contribution in [0.1, 0.15) is 26.3 Å². The van der Waals surface area contributed by atoms with Crippen molar-refractivity contribution in [1.29, 1.82) is 0 Å². The van der Waals surface area contributed by atoms with Gasteiger partial charge in [-0.25, -0.2) is 4.79 Å². The largest absolute Gasteiger partial charge is 0.459 e. The lowest BCUT2D eigenvalue weighted by atomic mass is 9.80. The molecule has 1 aromatic carbocycles. The molecule has 0 aliphatic carbocycles. The van der Waals surface area contributed by atoms with E-state index in [1.807, 2.05) is 18.2 Å². The molecule has 0 aromatic heterocycles. The summed E-state index contributed by atoms with van der Waals surface area (Å²) in [6, 6.07) is 9.07. The molecule has 1 amide bonds. The molecule has 6 nitrogen and oxygen atoms in total. The van der Waals surface area contributed by atoms with Crippen molar-refractivity contribution in [1.82, 2.24) is 5.32 Å². The van der Waals surface area contributed by atoms with Gasteiger partial charge in [0.2, 0.25) is 5.91 Å². The SMILES string of the molecule is CC(C)C(O)[C@@]1(C(=O)OCc2ccccc2)NC(=O)[C@H](C)C1O. The van der Waals surface area contributed by atoms with Crippen LogP contribution in [0, 0.1) is 11.8 Å². The fraction of sp³-hybridized carbons (Fsp3) is 0.529. The molecule has 2 unspecified atom stereocenters. The maximum atomic E-state index is 12.6. The van der Waals surface area contributed by atoms with Gasteiger partial charge in [-0.15, -0.1) is 0 Å². The Labute approximate surface area is 135 Å². The van der Waals surface area contributed by atoms with E-state index in [9.17, 15) is 19.8 Å². The molecule has 0 saturated carbocycles. The Bertz CT molecular complexity index is 574. The fourth-order valence-corrected chi connectivity index (χ4v) is 2.84. The second-order valence-corrected chi connectivity index (χ2v) is 6.34. The van der Waals surface area contributed by atoms with Gasteiger partial charge in [0.05, 0.1) is 12.0 Å². The van der Waals surface area contributed by atoms with Gasteiger partial charge in [-0.05, 0) is 11.5 Å². The van der Waals surface area contributed by atoms with Crippen LogP contribution in [0.4, 0.5) is 0 Å². The zero-order valence-corrected chi connectivity index (χ0v) is 13.5. The highest BCUT2D eigenvalue weighted by Crippen LogP contribution is 2.33. The predicted octanol–water partition coefficient (Wildman–Crippen LogP) is 0.612. The number of hydrogen-bond donors (Lipinski definition) is 3. The van der Waals surface area contributed by atoms with E-state index < -0.39 is 35.5 Å². The maximum absolute atomic E-state index is 12.6. The number of carbonyl (C=O) groups excluding carboxylic acids is 2. The van der Waals surface area contributed by atoms with E-state index in [-0.39, 0.29) is 12.5 Å². The zero-order valence-electron chi connectivity index (χ0n) is 13.5. The molecule has 1 aliphatic heterocycles. The Morgan fingerprint density at radius 3 is 2.43 bits per heavy atom. The van der Waals surface area contributed by atoms with Crippen LogP contribution < -0.4 is 5.32 Å². The molecular weight excluding hydrogens is 298 g/mol. The van der Waals surface area contributed by atoms with Gasteiger partial charge in [-0.1, -0.05) is 51.1 Å². The summed E-state index contributed by atoms with van der Waals surface area (Å²) >= 11 is 0. The first-order valence-corrected chi connectivity index (χ1v) is 7.70. The van der Waals surface area contributed by atoms with Crippen molar-refractivity contribution in [2.45, 2.75) is 45.1 Å². The molecule has 1 aromatic rings. The van der Waals surface area contributed by atoms with E-state index in [1.165, 1.54) is 6.92 Å². The molecule has 2 rings (SSSR count). The number of aliphatic hydroxyl groups is 2. The van der Waals surface area contributed by atoms with Crippen LogP contribution in [0.3, 0.4) is 0 Å². The van der Waals surface area contributed by atoms with E-state index >= 15 is 0 Å². The lowest BCUT2D eigenvalue weighted by Crippen LogP contribution is -2.65. The summed E-state index contributed by atoms with van der Waals surface area (Å²) < 4.78 is 5.28. The van der Waals surface area contributed by atoms with E-state index in [1.54, 1.807) is 26.0 Å². The molecule has 1 aliphatic rings. The van der Waals surface area contributed by atoms with E-state index in [4.69, 9.17) is 4.74 Å². The van der Waals surface area contributed by atoms with Gasteiger partial charge in [-0.2, -0.15) is 0 Å². The molecule has 1 fully saturated rings. The smallest absolute Gasteiger partial charge is 0.337 e. The third-order valence-electron chi connectivity index (χ3n) is 4.33. The second kappa shape index (κ2) is 6.68. The number of benzene rings is 1. The van der Waals surface area contributed by atoms with Gasteiger partial charge < -0.3 is 20.3 Å². The molecule has 4 atom stereocenters. The first kappa shape index (κ1) is 17.4. The van der Waals surface area contributed by atoms with Gasteiger partial charge >= 0.3 is 5.97 Å². The van der Waals surface area contributed by atoms with E-state index in [0.717, 1.165) is 5.56 Å². The number of carbonyl (C=O) groups is 2. The molecule has 0 bridgehead atoms. The third kappa shape index (κ3) is 3.09. The highest BCUT2D eigenvalue weighted by Gasteiger charge is 2.61. The quantitative estimate of drug-likeness (QED) is 0.691. The molecule has 1 saturated heterocycles. The lowest BCUT2D eigenvalue weighted by Gasteiger charge is -2.36. The number of aliphatic hydroxyl groups excluding tert-OH is 2. The minimum atomic E-state index is -1.83. The number of nitrogens with one attached hydrogen (secondary N) is 1. The van der Waals surface area contributed by atoms with Crippen molar-refractivity contribution in [2.75, 3.05) is 0 Å². The Kier molecular flexibility index (Phi) is 5.06. The van der Waals surface area contributed by atoms with Crippen LogP contribution >= 0.6 is 0 Å². The van der Waals surface area contributed by atoms with E-state index in [0.29, 0.717) is 0 Å². The van der Waals surface area contributed by atoms with Crippen molar-refractivity contribution in [3.63, 3.8) is 0 Å². The maximum Gasteiger partial charge on any atom is 0.337 e. The molecule has 3 N–H and O–H groups in total. The van der Waals surface area contributed by atoms with Crippen LogP contribution in [0.15, 0.2) is 30.3 Å². The average molecular weight is 321 g/mol. The Morgan fingerprint density at radius 2 is 1.96 bits per heavy atom. The summed E-state index contributed by atoms with van der Waals surface area (Å²) in [4.78, 5) is 24.5. The minimum Gasteiger partial charge on any atom is -0.459 e. The minimum absolute atomic E-state index is 0.00318. The number of hydrogen-bond acceptors (Lipinski definition) is 5. The zero-order chi connectivity index (χ0) is 17.2. The second-order valence-electron chi connectivity index (χ2n) is 6.34. The molecule has 23 heavy (non-hydrogen) atoms. The Morgan fingerprint density at radius 1 is 1.35 bits per heavy atom. The molecule has 6 heteroatoms. The molecule has 126 valence electrons. The van der Waals surface area contributed by atoms with Crippen molar-refractivity contribution >= 4 is 11.9 Å². The Balaban J connectivity index is 2.24. The topological polar surface area (TPSA) is 95.9 Å². The summed E-state index contributed by atoms with van der Waals surface area (Å²) in [5.41, 5.74) is -1.05. The van der Waals surface area contributed by atoms with Gasteiger partial charge in [0.15, 0.2) is 5.54 Å². The number of ether oxygens (including phenoxy) is 1. The highest BCUT2D eigenvalue weighted by atomic mass is 16.5. The van der Waals surface area contributed by atoms with Gasteiger partial charge in [0.1, 0.15) is 12.7 Å². The number of esters is 1. The fourth-order valence-electron chi connectivity index (χ4n) is 2.84. The first-order valence-electron chi connectivity index (χ1n) is 7.70. The summed E-state index contributed by atoms with van der Waals surface area (Å²) in [7, 11) is 0. The van der Waals surface area contributed by atoms with E-state index in [2.05, 4.69) is 5.32 Å². The number of rotatable bonds is 5. The molecule has 1 heterocycles. The third-order valence-corrected chi connectivity index (χ3v) is 4.33. The summed E-state index contributed by atoms with van der Waals surface area (Å²) in [6.07, 6.45) is -2.61. The van der Waals surface area contributed by atoms with Crippen molar-refractivity contribution in [3.8, 4) is 0 Å². The van der Waals surface area contributed by atoms with Gasteiger partial charge in [0, 0.05) is 0 Å². The van der Waals surface area contributed by atoms with Crippen molar-refractivity contribution < 1.29 is 24.5 Å².